The Morgan fingerprint density at radius 1 is 1.25 bits per heavy atom. The van der Waals surface area contributed by atoms with Gasteiger partial charge in [-0.2, -0.15) is 0 Å². The Morgan fingerprint density at radius 3 is 2.65 bits per heavy atom. The van der Waals surface area contributed by atoms with Crippen LogP contribution in [0.2, 0.25) is 0 Å². The molecule has 0 spiro atoms. The van der Waals surface area contributed by atoms with Crippen LogP contribution >= 0.6 is 0 Å². The number of nitrogens with zero attached hydrogens (tertiary/aromatic N) is 1. The summed E-state index contributed by atoms with van der Waals surface area (Å²) >= 11 is 0. The molecule has 3 heteroatoms. The molecule has 2 heterocycles. The lowest BCUT2D eigenvalue weighted by Crippen LogP contribution is -2.51. The molecule has 0 unspecified atom stereocenters. The smallest absolute Gasteiger partial charge is 0.240 e. The number of benzene rings is 1. The van der Waals surface area contributed by atoms with E-state index in [-0.39, 0.29) is 6.04 Å². The molecule has 1 atom stereocenters. The average molecular weight is 272 g/mol. The van der Waals surface area contributed by atoms with E-state index in [1.807, 2.05) is 0 Å². The lowest BCUT2D eigenvalue weighted by atomic mass is 9.92. The summed E-state index contributed by atoms with van der Waals surface area (Å²) in [6.07, 6.45) is 4.43. The molecule has 3 nitrogen and oxygen atoms in total. The molecular weight excluding hydrogens is 248 g/mol. The highest BCUT2D eigenvalue weighted by molar-refractivity contribution is 5.82. The minimum atomic E-state index is -0.0249. The molecule has 20 heavy (non-hydrogen) atoms. The number of carbonyl (C=O) groups is 1. The van der Waals surface area contributed by atoms with E-state index >= 15 is 0 Å². The van der Waals surface area contributed by atoms with Gasteiger partial charge < -0.3 is 10.2 Å². The van der Waals surface area contributed by atoms with Gasteiger partial charge in [-0.1, -0.05) is 37.6 Å². The van der Waals surface area contributed by atoms with E-state index in [0.29, 0.717) is 5.91 Å². The van der Waals surface area contributed by atoms with Crippen LogP contribution in [0.5, 0.6) is 0 Å². The largest absolute Gasteiger partial charge is 0.341 e. The Morgan fingerprint density at radius 2 is 1.95 bits per heavy atom. The Kier molecular flexibility index (Phi) is 4.06. The Labute approximate surface area is 121 Å². The predicted octanol–water partition coefficient (Wildman–Crippen LogP) is 2.35. The van der Waals surface area contributed by atoms with Crippen molar-refractivity contribution in [2.75, 3.05) is 13.1 Å². The van der Waals surface area contributed by atoms with Crippen LogP contribution in [-0.2, 0) is 17.8 Å². The van der Waals surface area contributed by atoms with Crippen molar-refractivity contribution in [3.8, 4) is 0 Å². The quantitative estimate of drug-likeness (QED) is 0.896. The third-order valence-electron chi connectivity index (χ3n) is 4.88. The van der Waals surface area contributed by atoms with Crippen molar-refractivity contribution in [1.82, 2.24) is 10.2 Å². The fourth-order valence-corrected chi connectivity index (χ4v) is 3.41. The lowest BCUT2D eigenvalue weighted by molar-refractivity contribution is -0.135. The average Bonchev–Trinajstić information content (AvgIpc) is 2.54. The molecule has 1 aromatic carbocycles. The molecule has 3 rings (SSSR count). The van der Waals surface area contributed by atoms with Crippen LogP contribution in [0.4, 0.5) is 0 Å². The Bertz CT molecular complexity index is 478. The third-order valence-corrected chi connectivity index (χ3v) is 4.88. The van der Waals surface area contributed by atoms with Crippen molar-refractivity contribution in [1.29, 1.82) is 0 Å². The number of nitrogens with one attached hydrogen (secondary N) is 1. The van der Waals surface area contributed by atoms with Gasteiger partial charge in [0.2, 0.25) is 5.91 Å². The topological polar surface area (TPSA) is 32.3 Å². The number of hydrogen-bond acceptors (Lipinski definition) is 2. The second-order valence-corrected chi connectivity index (χ2v) is 6.08. The first-order valence-electron chi connectivity index (χ1n) is 7.87. The van der Waals surface area contributed by atoms with Crippen LogP contribution < -0.4 is 5.32 Å². The summed E-state index contributed by atoms with van der Waals surface area (Å²) in [5.41, 5.74) is 2.66. The van der Waals surface area contributed by atoms with Crippen LogP contribution in [0.1, 0.15) is 37.3 Å². The number of rotatable bonds is 2. The van der Waals surface area contributed by atoms with Gasteiger partial charge >= 0.3 is 0 Å². The van der Waals surface area contributed by atoms with Gasteiger partial charge in [0, 0.05) is 19.6 Å². The number of carbonyl (C=O) groups excluding carboxylic acids is 1. The summed E-state index contributed by atoms with van der Waals surface area (Å²) in [5.74, 6) is 1.12. The maximum atomic E-state index is 12.6. The van der Waals surface area contributed by atoms with Crippen molar-refractivity contribution in [2.24, 2.45) is 5.92 Å². The minimum Gasteiger partial charge on any atom is -0.341 e. The number of fused-ring (bicyclic) bond motifs is 1. The van der Waals surface area contributed by atoms with Crippen molar-refractivity contribution in [3.63, 3.8) is 0 Å². The lowest BCUT2D eigenvalue weighted by Gasteiger charge is -2.35. The van der Waals surface area contributed by atoms with E-state index in [1.165, 1.54) is 30.4 Å². The number of hydrogen-bond donors (Lipinski definition) is 1. The highest BCUT2D eigenvalue weighted by Gasteiger charge is 2.29. The molecule has 1 saturated heterocycles. The first-order chi connectivity index (χ1) is 9.78. The summed E-state index contributed by atoms with van der Waals surface area (Å²) in [4.78, 5) is 14.7. The standard InChI is InChI=1S/C17H24N2O/c1-2-13-7-9-19(10-8-13)17(20)16-11-14-5-3-4-6-15(14)12-18-16/h3-6,13,16,18H,2,7-12H2,1H3/t16-/m1/s1. The summed E-state index contributed by atoms with van der Waals surface area (Å²) in [7, 11) is 0. The molecule has 1 aromatic rings. The molecule has 2 aliphatic heterocycles. The maximum Gasteiger partial charge on any atom is 0.240 e. The Hall–Kier alpha value is -1.35. The molecule has 108 valence electrons. The van der Waals surface area contributed by atoms with Gasteiger partial charge in [0.25, 0.3) is 0 Å². The summed E-state index contributed by atoms with van der Waals surface area (Å²) in [6, 6.07) is 8.41. The zero-order valence-electron chi connectivity index (χ0n) is 12.3. The second-order valence-electron chi connectivity index (χ2n) is 6.08. The molecule has 0 aromatic heterocycles. The van der Waals surface area contributed by atoms with Gasteiger partial charge in [0.15, 0.2) is 0 Å². The first-order valence-corrected chi connectivity index (χ1v) is 7.87. The highest BCUT2D eigenvalue weighted by atomic mass is 16.2. The van der Waals surface area contributed by atoms with Gasteiger partial charge in [-0.05, 0) is 36.3 Å². The van der Waals surface area contributed by atoms with Gasteiger partial charge in [-0.15, -0.1) is 0 Å². The Balaban J connectivity index is 1.62. The molecule has 0 bridgehead atoms. The fourth-order valence-electron chi connectivity index (χ4n) is 3.41. The van der Waals surface area contributed by atoms with Crippen molar-refractivity contribution >= 4 is 5.91 Å². The van der Waals surface area contributed by atoms with Gasteiger partial charge in [-0.3, -0.25) is 4.79 Å². The molecule has 1 fully saturated rings. The van der Waals surface area contributed by atoms with Crippen molar-refractivity contribution < 1.29 is 4.79 Å². The van der Waals surface area contributed by atoms with Crippen LogP contribution in [0, 0.1) is 5.92 Å². The van der Waals surface area contributed by atoms with Crippen LogP contribution in [0.3, 0.4) is 0 Å². The molecule has 0 saturated carbocycles. The fraction of sp³-hybridized carbons (Fsp3) is 0.588. The highest BCUT2D eigenvalue weighted by Crippen LogP contribution is 2.22. The molecular formula is C17H24N2O. The first kappa shape index (κ1) is 13.6. The zero-order valence-corrected chi connectivity index (χ0v) is 12.3. The molecule has 0 radical (unpaired) electrons. The van der Waals surface area contributed by atoms with Crippen LogP contribution in [-0.4, -0.2) is 29.9 Å². The predicted molar refractivity (Wildman–Crippen MR) is 80.4 cm³/mol. The number of piperidine rings is 1. The van der Waals surface area contributed by atoms with E-state index in [2.05, 4.69) is 41.4 Å². The third kappa shape index (κ3) is 2.73. The van der Waals surface area contributed by atoms with E-state index < -0.39 is 0 Å². The molecule has 0 aliphatic carbocycles. The molecule has 1 amide bonds. The van der Waals surface area contributed by atoms with Crippen molar-refractivity contribution in [2.45, 2.75) is 45.2 Å². The second kappa shape index (κ2) is 5.96. The molecule has 2 aliphatic rings. The van der Waals surface area contributed by atoms with Gasteiger partial charge in [-0.25, -0.2) is 0 Å². The zero-order chi connectivity index (χ0) is 13.9. The number of likely N-dealkylation sites (tertiary alicyclic amines) is 1. The summed E-state index contributed by atoms with van der Waals surface area (Å²) < 4.78 is 0. The molecule has 1 N–H and O–H groups in total. The van der Waals surface area contributed by atoms with Gasteiger partial charge in [0.05, 0.1) is 6.04 Å². The van der Waals surface area contributed by atoms with E-state index in [0.717, 1.165) is 32.0 Å². The van der Waals surface area contributed by atoms with Gasteiger partial charge in [0.1, 0.15) is 0 Å². The summed E-state index contributed by atoms with van der Waals surface area (Å²) in [5, 5.41) is 3.41. The van der Waals surface area contributed by atoms with Crippen LogP contribution in [0.25, 0.3) is 0 Å². The normalized spacial score (nSPS) is 23.4. The van der Waals surface area contributed by atoms with E-state index in [4.69, 9.17) is 0 Å². The van der Waals surface area contributed by atoms with Crippen LogP contribution in [0.15, 0.2) is 24.3 Å². The van der Waals surface area contributed by atoms with E-state index in [9.17, 15) is 4.79 Å². The monoisotopic (exact) mass is 272 g/mol. The van der Waals surface area contributed by atoms with E-state index in [1.54, 1.807) is 0 Å². The summed E-state index contributed by atoms with van der Waals surface area (Å²) in [6.45, 7) is 4.95. The minimum absolute atomic E-state index is 0.0249. The number of amides is 1. The maximum absolute atomic E-state index is 12.6. The SMILES string of the molecule is CCC1CCN(C(=O)[C@H]2Cc3ccccc3CN2)CC1. The van der Waals surface area contributed by atoms with Crippen molar-refractivity contribution in [3.05, 3.63) is 35.4 Å².